The Labute approximate surface area is 102 Å². The third-order valence-electron chi connectivity index (χ3n) is 2.11. The van der Waals surface area contributed by atoms with Crippen LogP contribution in [0.3, 0.4) is 0 Å². The van der Waals surface area contributed by atoms with Crippen LogP contribution < -0.4 is 5.43 Å². The van der Waals surface area contributed by atoms with Gasteiger partial charge >= 0.3 is 0 Å². The highest BCUT2D eigenvalue weighted by Crippen LogP contribution is 2.35. The average molecular weight is 333 g/mol. The molecule has 0 saturated carbocycles. The van der Waals surface area contributed by atoms with Gasteiger partial charge < -0.3 is 0 Å². The van der Waals surface area contributed by atoms with E-state index in [1.165, 1.54) is 0 Å². The zero-order valence-electron chi connectivity index (χ0n) is 7.72. The van der Waals surface area contributed by atoms with Crippen LogP contribution in [0.2, 0.25) is 0 Å². The van der Waals surface area contributed by atoms with Crippen molar-refractivity contribution in [1.29, 1.82) is 0 Å². The Hall–Kier alpha value is -0.520. The number of pyridine rings is 1. The van der Waals surface area contributed by atoms with Gasteiger partial charge in [0.1, 0.15) is 0 Å². The van der Waals surface area contributed by atoms with Crippen molar-refractivity contribution in [2.75, 3.05) is 0 Å². The Morgan fingerprint density at radius 3 is 3.07 bits per heavy atom. The number of aromatic nitrogens is 1. The van der Waals surface area contributed by atoms with Crippen molar-refractivity contribution in [3.8, 4) is 0 Å². The molecule has 0 saturated heterocycles. The molecule has 0 aliphatic carbocycles. The third kappa shape index (κ3) is 2.35. The molecule has 2 atom stereocenters. The first-order valence-corrected chi connectivity index (χ1v) is 8.41. The maximum atomic E-state index is 10.8. The molecule has 2 rings (SSSR count). The highest BCUT2D eigenvalue weighted by Gasteiger charge is 2.22. The molecule has 1 aliphatic rings. The van der Waals surface area contributed by atoms with Crippen LogP contribution in [0.4, 0.5) is 0 Å². The molecular weight excluding hydrogens is 324 g/mol. The fraction of sp³-hybridized carbons (Fsp3) is 0.111. The van der Waals surface area contributed by atoms with Gasteiger partial charge in [0.05, 0.1) is 18.1 Å². The first-order chi connectivity index (χ1) is 7.35. The van der Waals surface area contributed by atoms with Gasteiger partial charge in [0.15, 0.2) is 6.29 Å². The lowest BCUT2D eigenvalue weighted by atomic mass is 10.1. The summed E-state index contributed by atoms with van der Waals surface area (Å²) >= 11 is 2.23. The van der Waals surface area contributed by atoms with Crippen LogP contribution >= 0.6 is 28.4 Å². The van der Waals surface area contributed by atoms with E-state index in [1.807, 2.05) is 23.0 Å². The van der Waals surface area contributed by atoms with Crippen molar-refractivity contribution in [3.05, 3.63) is 41.9 Å². The largest absolute Gasteiger partial charge is 0.296 e. The lowest BCUT2D eigenvalue weighted by Gasteiger charge is -2.18. The van der Waals surface area contributed by atoms with E-state index in [0.717, 1.165) is 11.8 Å². The Morgan fingerprint density at radius 1 is 1.67 bits per heavy atom. The summed E-state index contributed by atoms with van der Waals surface area (Å²) in [6, 6.07) is 3.94. The number of hydrogen-bond donors (Lipinski definition) is 1. The van der Waals surface area contributed by atoms with Crippen molar-refractivity contribution in [2.24, 2.45) is 0 Å². The summed E-state index contributed by atoms with van der Waals surface area (Å²) in [4.78, 5) is 14.8. The summed E-state index contributed by atoms with van der Waals surface area (Å²) in [5.74, 6) is 0. The highest BCUT2D eigenvalue weighted by molar-refractivity contribution is 14.2. The van der Waals surface area contributed by atoms with E-state index >= 15 is 0 Å². The first-order valence-electron chi connectivity index (χ1n) is 4.34. The first kappa shape index (κ1) is 11.0. The third-order valence-corrected chi connectivity index (χ3v) is 4.12. The van der Waals surface area contributed by atoms with E-state index in [2.05, 4.69) is 32.5 Å². The quantitative estimate of drug-likeness (QED) is 0.522. The molecule has 1 aromatic rings. The van der Waals surface area contributed by atoms with Gasteiger partial charge in [-0.05, 0) is 39.7 Å². The second-order valence-corrected chi connectivity index (χ2v) is 5.09. The predicted octanol–water partition coefficient (Wildman–Crippen LogP) is 1.97. The number of hydrazine groups is 1. The van der Waals surface area contributed by atoms with Crippen molar-refractivity contribution in [3.63, 3.8) is 0 Å². The van der Waals surface area contributed by atoms with Gasteiger partial charge in [0.25, 0.3) is 0 Å². The van der Waals surface area contributed by atoms with Gasteiger partial charge in [-0.15, -0.1) is 0 Å². The van der Waals surface area contributed by atoms with Crippen LogP contribution in [0.15, 0.2) is 36.3 Å². The highest BCUT2D eigenvalue weighted by atomic mass is 127. The van der Waals surface area contributed by atoms with Gasteiger partial charge in [0.2, 0.25) is 0 Å². The van der Waals surface area contributed by atoms with Crippen LogP contribution in [0.5, 0.6) is 0 Å². The minimum absolute atomic E-state index is 0.0566. The summed E-state index contributed by atoms with van der Waals surface area (Å²) in [6.45, 7) is 0. The van der Waals surface area contributed by atoms with Gasteiger partial charge in [-0.3, -0.25) is 14.6 Å². The van der Waals surface area contributed by atoms with E-state index in [9.17, 15) is 4.79 Å². The van der Waals surface area contributed by atoms with Crippen LogP contribution in [-0.2, 0) is 4.79 Å². The minimum atomic E-state index is 0.0566. The zero-order chi connectivity index (χ0) is 10.7. The fourth-order valence-electron chi connectivity index (χ4n) is 1.39. The van der Waals surface area contributed by atoms with E-state index in [-0.39, 0.29) is 6.04 Å². The molecule has 0 radical (unpaired) electrons. The standard InChI is InChI=1S/C9H9IN3OP/c10-15-13-8(6-14)4-9(12-13)7-2-1-3-11-5-7/h1-6,9,12,15H. The van der Waals surface area contributed by atoms with Gasteiger partial charge in [-0.2, -0.15) is 0 Å². The van der Waals surface area contributed by atoms with Gasteiger partial charge in [0, 0.05) is 12.4 Å². The van der Waals surface area contributed by atoms with Crippen molar-refractivity contribution < 1.29 is 4.79 Å². The van der Waals surface area contributed by atoms with E-state index in [0.29, 0.717) is 12.1 Å². The molecule has 0 aromatic carbocycles. The summed E-state index contributed by atoms with van der Waals surface area (Å²) in [5, 5.41) is 0. The molecule has 2 heterocycles. The number of hydrogen-bond acceptors (Lipinski definition) is 4. The number of carbonyl (C=O) groups excluding carboxylic acids is 1. The molecule has 0 fully saturated rings. The number of aldehydes is 1. The summed E-state index contributed by atoms with van der Waals surface area (Å²) in [6.07, 6.45) is 6.82. The molecule has 15 heavy (non-hydrogen) atoms. The minimum Gasteiger partial charge on any atom is -0.296 e. The number of rotatable bonds is 3. The van der Waals surface area contributed by atoms with Crippen LogP contribution in [0, 0.1) is 0 Å². The Balaban J connectivity index is 2.21. The van der Waals surface area contributed by atoms with Crippen LogP contribution in [0.25, 0.3) is 0 Å². The molecule has 2 unspecified atom stereocenters. The Morgan fingerprint density at radius 2 is 2.53 bits per heavy atom. The molecule has 1 aliphatic heterocycles. The van der Waals surface area contributed by atoms with Crippen molar-refractivity contribution >= 4 is 34.7 Å². The summed E-state index contributed by atoms with van der Waals surface area (Å²) in [7, 11) is 0. The number of nitrogens with zero attached hydrogens (tertiary/aromatic N) is 2. The van der Waals surface area contributed by atoms with E-state index in [1.54, 1.807) is 12.4 Å². The number of halogens is 1. The normalized spacial score (nSPS) is 21.0. The summed E-state index contributed by atoms with van der Waals surface area (Å²) < 4.78 is 1.85. The van der Waals surface area contributed by atoms with E-state index < -0.39 is 0 Å². The molecule has 1 N–H and O–H groups in total. The lowest BCUT2D eigenvalue weighted by molar-refractivity contribution is -0.105. The number of nitrogens with one attached hydrogen (secondary N) is 1. The van der Waals surface area contributed by atoms with Crippen molar-refractivity contribution in [1.82, 2.24) is 15.2 Å². The molecule has 1 aromatic heterocycles. The number of carbonyl (C=O) groups is 1. The molecule has 78 valence electrons. The van der Waals surface area contributed by atoms with Crippen LogP contribution in [-0.4, -0.2) is 16.0 Å². The Kier molecular flexibility index (Phi) is 3.66. The summed E-state index contributed by atoms with van der Waals surface area (Å²) in [5.41, 5.74) is 4.99. The zero-order valence-corrected chi connectivity index (χ0v) is 10.9. The average Bonchev–Trinajstić information content (AvgIpc) is 2.73. The second kappa shape index (κ2) is 5.01. The SMILES string of the molecule is O=CC1=CC(c2cccnc2)NN1PI. The molecule has 0 bridgehead atoms. The smallest absolute Gasteiger partial charge is 0.167 e. The Bertz CT molecular complexity index is 384. The van der Waals surface area contributed by atoms with Crippen molar-refractivity contribution in [2.45, 2.75) is 6.04 Å². The van der Waals surface area contributed by atoms with E-state index in [4.69, 9.17) is 0 Å². The molecule has 4 nitrogen and oxygen atoms in total. The fourth-order valence-corrected chi connectivity index (χ4v) is 3.06. The molecule has 0 spiro atoms. The molecule has 6 heteroatoms. The molecule has 0 amide bonds. The molecular formula is C9H9IN3OP. The van der Waals surface area contributed by atoms with Crippen LogP contribution in [0.1, 0.15) is 11.6 Å². The number of allylic oxidation sites excluding steroid dienone is 1. The topological polar surface area (TPSA) is 45.2 Å². The maximum absolute atomic E-state index is 10.8. The second-order valence-electron chi connectivity index (χ2n) is 3.02. The van der Waals surface area contributed by atoms with Gasteiger partial charge in [-0.1, -0.05) is 6.07 Å². The predicted molar refractivity (Wildman–Crippen MR) is 68.4 cm³/mol. The van der Waals surface area contributed by atoms with Gasteiger partial charge in [-0.25, -0.2) is 5.43 Å². The lowest BCUT2D eigenvalue weighted by Crippen LogP contribution is -2.26. The monoisotopic (exact) mass is 333 g/mol. The maximum Gasteiger partial charge on any atom is 0.167 e.